The Labute approximate surface area is 224 Å². The lowest BCUT2D eigenvalue weighted by molar-refractivity contribution is -0.161. The van der Waals surface area contributed by atoms with Crippen LogP contribution in [0.3, 0.4) is 0 Å². The van der Waals surface area contributed by atoms with Crippen molar-refractivity contribution < 1.29 is 38.6 Å². The van der Waals surface area contributed by atoms with Crippen LogP contribution < -0.4 is 16.0 Å². The fourth-order valence-electron chi connectivity index (χ4n) is 3.52. The third kappa shape index (κ3) is 13.7. The number of aliphatic carboxylic acids is 1. The van der Waals surface area contributed by atoms with Gasteiger partial charge in [-0.05, 0) is 51.5 Å². The van der Waals surface area contributed by atoms with Crippen LogP contribution in [-0.2, 0) is 39.9 Å². The monoisotopic (exact) mass is 535 g/mol. The number of esters is 1. The Morgan fingerprint density at radius 1 is 0.895 bits per heavy atom. The van der Waals surface area contributed by atoms with Gasteiger partial charge in [-0.3, -0.25) is 14.4 Å². The van der Waals surface area contributed by atoms with Gasteiger partial charge in [0, 0.05) is 6.92 Å². The van der Waals surface area contributed by atoms with E-state index in [2.05, 4.69) is 16.0 Å². The third-order valence-corrected chi connectivity index (χ3v) is 5.14. The van der Waals surface area contributed by atoms with Gasteiger partial charge in [0.25, 0.3) is 0 Å². The number of carboxylic acids is 1. The lowest BCUT2D eigenvalue weighted by atomic mass is 10.0. The minimum Gasteiger partial charge on any atom is -0.480 e. The van der Waals surface area contributed by atoms with Crippen LogP contribution in [0.1, 0.15) is 59.9 Å². The van der Waals surface area contributed by atoms with Crippen molar-refractivity contribution in [2.45, 2.75) is 84.5 Å². The van der Waals surface area contributed by atoms with E-state index in [4.69, 9.17) is 9.47 Å². The molecule has 1 rings (SSSR count). The summed E-state index contributed by atoms with van der Waals surface area (Å²) in [6.07, 6.45) is 1.06. The van der Waals surface area contributed by atoms with Gasteiger partial charge in [-0.2, -0.15) is 0 Å². The summed E-state index contributed by atoms with van der Waals surface area (Å²) < 4.78 is 10.3. The highest BCUT2D eigenvalue weighted by Crippen LogP contribution is 2.10. The Balaban J connectivity index is 2.85. The zero-order chi connectivity index (χ0) is 28.9. The van der Waals surface area contributed by atoms with Crippen LogP contribution in [0.4, 0.5) is 0 Å². The summed E-state index contributed by atoms with van der Waals surface area (Å²) >= 11 is 0. The van der Waals surface area contributed by atoms with E-state index in [0.29, 0.717) is 12.8 Å². The molecular weight excluding hydrogens is 494 g/mol. The second kappa shape index (κ2) is 15.7. The number of nitrogens with one attached hydrogen (secondary N) is 3. The lowest BCUT2D eigenvalue weighted by Crippen LogP contribution is -2.56. The number of amides is 3. The van der Waals surface area contributed by atoms with Gasteiger partial charge in [-0.1, -0.05) is 44.2 Å². The molecule has 0 radical (unpaired) electrons. The Morgan fingerprint density at radius 3 is 2.00 bits per heavy atom. The molecule has 0 spiro atoms. The average Bonchev–Trinajstić information content (AvgIpc) is 2.79. The van der Waals surface area contributed by atoms with Crippen LogP contribution >= 0.6 is 0 Å². The first kappa shape index (κ1) is 32.6. The summed E-state index contributed by atoms with van der Waals surface area (Å²) in [5.41, 5.74) is 0.266. The third-order valence-electron chi connectivity index (χ3n) is 5.14. The standard InChI is InChI=1S/C27H41N3O8/c1-17(2)14-21(25(34)30-22(26(35)36)15-37-16-23(32)38-27(4,5)6)29-24(33)20(28-18(3)31)13-12-19-10-8-7-9-11-19/h7-11,17,20-22H,12-16H2,1-6H3,(H,28,31)(H,29,33)(H,30,34)(H,35,36)/t20-,21-,22-/m0/s1. The predicted molar refractivity (Wildman–Crippen MR) is 140 cm³/mol. The molecule has 11 nitrogen and oxygen atoms in total. The first-order valence-electron chi connectivity index (χ1n) is 12.6. The highest BCUT2D eigenvalue weighted by Gasteiger charge is 2.30. The molecule has 0 aromatic heterocycles. The summed E-state index contributed by atoms with van der Waals surface area (Å²) in [5, 5.41) is 17.2. The highest BCUT2D eigenvalue weighted by atomic mass is 16.6. The largest absolute Gasteiger partial charge is 0.480 e. The van der Waals surface area contributed by atoms with E-state index in [0.717, 1.165) is 5.56 Å². The molecule has 38 heavy (non-hydrogen) atoms. The maximum atomic E-state index is 13.1. The second-order valence-electron chi connectivity index (χ2n) is 10.5. The molecule has 0 saturated carbocycles. The van der Waals surface area contributed by atoms with E-state index < -0.39 is 66.6 Å². The van der Waals surface area contributed by atoms with Gasteiger partial charge in [-0.25, -0.2) is 9.59 Å². The maximum absolute atomic E-state index is 13.1. The summed E-state index contributed by atoms with van der Waals surface area (Å²) in [4.78, 5) is 61.3. The van der Waals surface area contributed by atoms with Crippen molar-refractivity contribution in [1.82, 2.24) is 16.0 Å². The number of ether oxygens (including phenoxy) is 2. The number of rotatable bonds is 15. The molecule has 4 N–H and O–H groups in total. The van der Waals surface area contributed by atoms with Crippen molar-refractivity contribution in [3.63, 3.8) is 0 Å². The molecule has 3 amide bonds. The topological polar surface area (TPSA) is 160 Å². The summed E-state index contributed by atoms with van der Waals surface area (Å²) in [6, 6.07) is 6.06. The van der Waals surface area contributed by atoms with Crippen molar-refractivity contribution in [3.8, 4) is 0 Å². The van der Waals surface area contributed by atoms with Crippen LogP contribution in [0.25, 0.3) is 0 Å². The molecule has 0 heterocycles. The SMILES string of the molecule is CC(=O)N[C@@H](CCc1ccccc1)C(=O)N[C@@H](CC(C)C)C(=O)N[C@@H](COCC(=O)OC(C)(C)C)C(=O)O. The average molecular weight is 536 g/mol. The molecule has 212 valence electrons. The zero-order valence-electron chi connectivity index (χ0n) is 23.0. The number of carboxylic acid groups (broad SMARTS) is 1. The van der Waals surface area contributed by atoms with Crippen LogP contribution in [0.5, 0.6) is 0 Å². The first-order valence-corrected chi connectivity index (χ1v) is 12.6. The van der Waals surface area contributed by atoms with E-state index in [9.17, 15) is 29.1 Å². The molecule has 0 aliphatic heterocycles. The number of carbonyl (C=O) groups is 5. The van der Waals surface area contributed by atoms with Gasteiger partial charge >= 0.3 is 11.9 Å². The number of aryl methyl sites for hydroxylation is 1. The van der Waals surface area contributed by atoms with Gasteiger partial charge in [0.15, 0.2) is 6.04 Å². The van der Waals surface area contributed by atoms with Gasteiger partial charge in [0.05, 0.1) is 6.61 Å². The number of benzene rings is 1. The molecule has 11 heteroatoms. The summed E-state index contributed by atoms with van der Waals surface area (Å²) in [7, 11) is 0. The fourth-order valence-corrected chi connectivity index (χ4v) is 3.52. The maximum Gasteiger partial charge on any atom is 0.332 e. The number of carbonyl (C=O) groups excluding carboxylic acids is 4. The summed E-state index contributed by atoms with van der Waals surface area (Å²) in [6.45, 7) is 9.11. The Bertz CT molecular complexity index is 943. The molecule has 0 saturated heterocycles. The number of hydrogen-bond donors (Lipinski definition) is 4. The molecule has 0 aliphatic carbocycles. The smallest absolute Gasteiger partial charge is 0.332 e. The predicted octanol–water partition coefficient (Wildman–Crippen LogP) is 1.58. The molecule has 3 atom stereocenters. The van der Waals surface area contributed by atoms with Gasteiger partial charge in [0.2, 0.25) is 17.7 Å². The van der Waals surface area contributed by atoms with Crippen LogP contribution in [0.15, 0.2) is 30.3 Å². The highest BCUT2D eigenvalue weighted by molar-refractivity contribution is 5.93. The van der Waals surface area contributed by atoms with E-state index in [-0.39, 0.29) is 12.3 Å². The lowest BCUT2D eigenvalue weighted by Gasteiger charge is -2.25. The normalized spacial score (nSPS) is 13.7. The number of hydrogen-bond acceptors (Lipinski definition) is 7. The quantitative estimate of drug-likeness (QED) is 0.246. The summed E-state index contributed by atoms with van der Waals surface area (Å²) in [5.74, 6) is -3.71. The molecular formula is C27H41N3O8. The first-order chi connectivity index (χ1) is 17.7. The zero-order valence-corrected chi connectivity index (χ0v) is 23.0. The Kier molecular flexibility index (Phi) is 13.5. The second-order valence-corrected chi connectivity index (χ2v) is 10.5. The van der Waals surface area contributed by atoms with Crippen LogP contribution in [0.2, 0.25) is 0 Å². The van der Waals surface area contributed by atoms with Crippen molar-refractivity contribution >= 4 is 29.7 Å². The van der Waals surface area contributed by atoms with Crippen molar-refractivity contribution in [3.05, 3.63) is 35.9 Å². The molecule has 0 bridgehead atoms. The Morgan fingerprint density at radius 2 is 1.47 bits per heavy atom. The van der Waals surface area contributed by atoms with Crippen LogP contribution in [0, 0.1) is 5.92 Å². The van der Waals surface area contributed by atoms with Gasteiger partial charge < -0.3 is 30.5 Å². The van der Waals surface area contributed by atoms with E-state index >= 15 is 0 Å². The fraction of sp³-hybridized carbons (Fsp3) is 0.593. The van der Waals surface area contributed by atoms with Crippen LogP contribution in [-0.4, -0.2) is 71.7 Å². The molecule has 0 unspecified atom stereocenters. The van der Waals surface area contributed by atoms with Gasteiger partial charge in [-0.15, -0.1) is 0 Å². The van der Waals surface area contributed by atoms with Crippen molar-refractivity contribution in [2.75, 3.05) is 13.2 Å². The van der Waals surface area contributed by atoms with E-state index in [1.165, 1.54) is 6.92 Å². The minimum absolute atomic E-state index is 0.0127. The van der Waals surface area contributed by atoms with Crippen molar-refractivity contribution in [1.29, 1.82) is 0 Å². The molecule has 0 fully saturated rings. The molecule has 0 aliphatic rings. The minimum atomic E-state index is -1.46. The van der Waals surface area contributed by atoms with Gasteiger partial charge in [0.1, 0.15) is 24.3 Å². The Hall–Kier alpha value is -3.47. The molecule has 1 aromatic carbocycles. The van der Waals surface area contributed by atoms with Crippen molar-refractivity contribution in [2.24, 2.45) is 5.92 Å². The molecule has 1 aromatic rings. The van der Waals surface area contributed by atoms with E-state index in [1.807, 2.05) is 44.2 Å². The van der Waals surface area contributed by atoms with E-state index in [1.54, 1.807) is 20.8 Å².